The minimum absolute atomic E-state index is 0.352. The van der Waals surface area contributed by atoms with Crippen LogP contribution in [0, 0.1) is 5.92 Å². The Labute approximate surface area is 110 Å². The van der Waals surface area contributed by atoms with Crippen LogP contribution >= 0.6 is 0 Å². The Hall–Kier alpha value is -1.02. The average molecular weight is 247 g/mol. The number of nitrogens with one attached hydrogen (secondary N) is 1. The maximum Gasteiger partial charge on any atom is 0.115 e. The first kappa shape index (κ1) is 13.4. The maximum atomic E-state index is 9.24. The molecule has 0 heterocycles. The van der Waals surface area contributed by atoms with E-state index in [0.717, 1.165) is 24.8 Å². The Morgan fingerprint density at radius 1 is 1.28 bits per heavy atom. The molecule has 2 heteroatoms. The summed E-state index contributed by atoms with van der Waals surface area (Å²) in [6, 6.07) is 8.88. The van der Waals surface area contributed by atoms with Crippen molar-refractivity contribution in [3.8, 4) is 5.75 Å². The second-order valence-corrected chi connectivity index (χ2v) is 5.89. The van der Waals surface area contributed by atoms with Crippen LogP contribution < -0.4 is 5.32 Å². The van der Waals surface area contributed by atoms with E-state index in [9.17, 15) is 5.11 Å². The third-order valence-corrected chi connectivity index (χ3v) is 4.02. The van der Waals surface area contributed by atoms with Crippen molar-refractivity contribution in [1.29, 1.82) is 0 Å². The Bertz CT molecular complexity index is 360. The molecule has 0 aliphatic heterocycles. The van der Waals surface area contributed by atoms with Crippen LogP contribution in [-0.2, 0) is 6.42 Å². The lowest BCUT2D eigenvalue weighted by atomic mass is 10.0. The molecule has 0 saturated heterocycles. The summed E-state index contributed by atoms with van der Waals surface area (Å²) in [6.45, 7) is 4.63. The predicted octanol–water partition coefficient (Wildman–Crippen LogP) is 3.49. The third kappa shape index (κ3) is 4.02. The topological polar surface area (TPSA) is 32.3 Å². The summed E-state index contributed by atoms with van der Waals surface area (Å²) in [6.07, 6.45) is 6.29. The lowest BCUT2D eigenvalue weighted by Gasteiger charge is -2.19. The highest BCUT2D eigenvalue weighted by Gasteiger charge is 2.21. The first-order chi connectivity index (χ1) is 8.63. The van der Waals surface area contributed by atoms with Gasteiger partial charge in [0.15, 0.2) is 0 Å². The Morgan fingerprint density at radius 3 is 2.61 bits per heavy atom. The van der Waals surface area contributed by atoms with Gasteiger partial charge in [-0.2, -0.15) is 0 Å². The smallest absolute Gasteiger partial charge is 0.115 e. The van der Waals surface area contributed by atoms with E-state index >= 15 is 0 Å². The van der Waals surface area contributed by atoms with E-state index in [0.29, 0.717) is 11.8 Å². The molecule has 0 radical (unpaired) electrons. The highest BCUT2D eigenvalue weighted by atomic mass is 16.3. The fourth-order valence-corrected chi connectivity index (χ4v) is 2.89. The largest absolute Gasteiger partial charge is 0.508 e. The molecule has 3 atom stereocenters. The zero-order chi connectivity index (χ0) is 13.0. The van der Waals surface area contributed by atoms with Crippen LogP contribution in [0.5, 0.6) is 5.75 Å². The van der Waals surface area contributed by atoms with Gasteiger partial charge in [0.25, 0.3) is 0 Å². The molecule has 3 unspecified atom stereocenters. The first-order valence-electron chi connectivity index (χ1n) is 7.17. The summed E-state index contributed by atoms with van der Waals surface area (Å²) in [5.41, 5.74) is 1.31. The molecule has 1 saturated carbocycles. The van der Waals surface area contributed by atoms with Crippen LogP contribution in [0.2, 0.25) is 0 Å². The molecule has 2 nitrogen and oxygen atoms in total. The molecule has 2 rings (SSSR count). The van der Waals surface area contributed by atoms with Crippen molar-refractivity contribution in [2.24, 2.45) is 5.92 Å². The number of aromatic hydroxyl groups is 1. The van der Waals surface area contributed by atoms with Crippen molar-refractivity contribution in [2.75, 3.05) is 0 Å². The number of benzene rings is 1. The number of phenols is 1. The fourth-order valence-electron chi connectivity index (χ4n) is 2.89. The lowest BCUT2D eigenvalue weighted by molar-refractivity contribution is 0.423. The van der Waals surface area contributed by atoms with E-state index in [2.05, 4.69) is 19.2 Å². The van der Waals surface area contributed by atoms with Gasteiger partial charge in [0, 0.05) is 12.1 Å². The Morgan fingerprint density at radius 2 is 2.00 bits per heavy atom. The summed E-state index contributed by atoms with van der Waals surface area (Å²) < 4.78 is 0. The summed E-state index contributed by atoms with van der Waals surface area (Å²) in [7, 11) is 0. The molecular weight excluding hydrogens is 222 g/mol. The number of hydrogen-bond donors (Lipinski definition) is 2. The van der Waals surface area contributed by atoms with Crippen LogP contribution in [-0.4, -0.2) is 17.2 Å². The van der Waals surface area contributed by atoms with E-state index in [1.54, 1.807) is 12.1 Å². The molecule has 1 aromatic rings. The minimum Gasteiger partial charge on any atom is -0.508 e. The quantitative estimate of drug-likeness (QED) is 0.834. The van der Waals surface area contributed by atoms with E-state index in [1.165, 1.54) is 24.8 Å². The van der Waals surface area contributed by atoms with Gasteiger partial charge < -0.3 is 10.4 Å². The van der Waals surface area contributed by atoms with E-state index < -0.39 is 0 Å². The molecular formula is C16H25NO. The van der Waals surface area contributed by atoms with Crippen LogP contribution in [0.25, 0.3) is 0 Å². The second kappa shape index (κ2) is 6.24. The normalized spacial score (nSPS) is 25.2. The van der Waals surface area contributed by atoms with Gasteiger partial charge in [-0.3, -0.25) is 0 Å². The molecule has 1 aliphatic carbocycles. The van der Waals surface area contributed by atoms with Gasteiger partial charge in [-0.05, 0) is 62.6 Å². The number of hydrogen-bond acceptors (Lipinski definition) is 2. The summed E-state index contributed by atoms with van der Waals surface area (Å²) >= 11 is 0. The van der Waals surface area contributed by atoms with Gasteiger partial charge in [0.1, 0.15) is 5.75 Å². The predicted molar refractivity (Wildman–Crippen MR) is 75.8 cm³/mol. The molecule has 1 aliphatic rings. The van der Waals surface area contributed by atoms with E-state index in [4.69, 9.17) is 0 Å². The molecule has 1 fully saturated rings. The molecule has 1 aromatic carbocycles. The summed E-state index contributed by atoms with van der Waals surface area (Å²) in [4.78, 5) is 0. The molecule has 2 N–H and O–H groups in total. The molecule has 0 spiro atoms. The molecule has 100 valence electrons. The minimum atomic E-state index is 0.352. The van der Waals surface area contributed by atoms with Crippen molar-refractivity contribution in [3.05, 3.63) is 29.8 Å². The number of phenolic OH excluding ortho intramolecular Hbond substituents is 1. The van der Waals surface area contributed by atoms with Crippen LogP contribution in [0.1, 0.15) is 45.1 Å². The van der Waals surface area contributed by atoms with Crippen LogP contribution in [0.4, 0.5) is 0 Å². The number of rotatable bonds is 5. The van der Waals surface area contributed by atoms with Crippen molar-refractivity contribution in [2.45, 2.75) is 58.0 Å². The Kier molecular flexibility index (Phi) is 4.65. The Balaban J connectivity index is 1.71. The monoisotopic (exact) mass is 247 g/mol. The van der Waals surface area contributed by atoms with E-state index in [-0.39, 0.29) is 0 Å². The SMILES string of the molecule is CC1CCC(NC(C)CCc2ccc(O)cc2)C1. The van der Waals surface area contributed by atoms with Crippen molar-refractivity contribution in [1.82, 2.24) is 5.32 Å². The fraction of sp³-hybridized carbons (Fsp3) is 0.625. The molecule has 0 aromatic heterocycles. The van der Waals surface area contributed by atoms with Crippen LogP contribution in [0.3, 0.4) is 0 Å². The van der Waals surface area contributed by atoms with Gasteiger partial charge in [-0.1, -0.05) is 19.1 Å². The first-order valence-corrected chi connectivity index (χ1v) is 7.17. The zero-order valence-corrected chi connectivity index (χ0v) is 11.5. The van der Waals surface area contributed by atoms with Gasteiger partial charge in [0.05, 0.1) is 0 Å². The summed E-state index contributed by atoms with van der Waals surface area (Å²) in [5, 5.41) is 13.0. The van der Waals surface area contributed by atoms with Gasteiger partial charge in [0.2, 0.25) is 0 Å². The summed E-state index contributed by atoms with van der Waals surface area (Å²) in [5.74, 6) is 1.25. The molecule has 0 bridgehead atoms. The lowest BCUT2D eigenvalue weighted by Crippen LogP contribution is -2.35. The van der Waals surface area contributed by atoms with Gasteiger partial charge in [-0.15, -0.1) is 0 Å². The van der Waals surface area contributed by atoms with Crippen LogP contribution in [0.15, 0.2) is 24.3 Å². The average Bonchev–Trinajstić information content (AvgIpc) is 2.74. The zero-order valence-electron chi connectivity index (χ0n) is 11.5. The standard InChI is InChI=1S/C16H25NO/c1-12-3-8-15(11-12)17-13(2)4-5-14-6-9-16(18)10-7-14/h6-7,9-10,12-13,15,17-18H,3-5,8,11H2,1-2H3. The third-order valence-electron chi connectivity index (χ3n) is 4.02. The van der Waals surface area contributed by atoms with Crippen molar-refractivity contribution in [3.63, 3.8) is 0 Å². The number of aryl methyl sites for hydroxylation is 1. The van der Waals surface area contributed by atoms with Gasteiger partial charge >= 0.3 is 0 Å². The molecule has 18 heavy (non-hydrogen) atoms. The highest BCUT2D eigenvalue weighted by Crippen LogP contribution is 2.25. The van der Waals surface area contributed by atoms with Gasteiger partial charge in [-0.25, -0.2) is 0 Å². The van der Waals surface area contributed by atoms with E-state index in [1.807, 2.05) is 12.1 Å². The maximum absolute atomic E-state index is 9.24. The highest BCUT2D eigenvalue weighted by molar-refractivity contribution is 5.25. The van der Waals surface area contributed by atoms with Crippen molar-refractivity contribution >= 4 is 0 Å². The van der Waals surface area contributed by atoms with Crippen molar-refractivity contribution < 1.29 is 5.11 Å². The second-order valence-electron chi connectivity index (χ2n) is 5.89. The molecule has 0 amide bonds.